The fourth-order valence-electron chi connectivity index (χ4n) is 2.69. The normalized spacial score (nSPS) is 16.3. The molecule has 0 atom stereocenters. The van der Waals surface area contributed by atoms with Crippen LogP contribution in [0.4, 0.5) is 9.18 Å². The van der Waals surface area contributed by atoms with Gasteiger partial charge in [-0.1, -0.05) is 11.6 Å². The van der Waals surface area contributed by atoms with Crippen molar-refractivity contribution in [3.63, 3.8) is 0 Å². The Kier molecular flexibility index (Phi) is 5.40. The molecule has 23 heavy (non-hydrogen) atoms. The number of carbonyl (C=O) groups excluding carboxylic acids is 1. The number of piperidine rings is 1. The highest BCUT2D eigenvalue weighted by atomic mass is 35.5. The Labute approximate surface area is 141 Å². The van der Waals surface area contributed by atoms with Crippen molar-refractivity contribution in [2.24, 2.45) is 0 Å². The average Bonchev–Trinajstić information content (AvgIpc) is 2.48. The van der Waals surface area contributed by atoms with Crippen molar-refractivity contribution >= 4 is 17.7 Å². The lowest BCUT2D eigenvalue weighted by atomic mass is 9.89. The zero-order chi connectivity index (χ0) is 17.2. The molecule has 0 aromatic heterocycles. The van der Waals surface area contributed by atoms with Crippen LogP contribution < -0.4 is 4.74 Å². The summed E-state index contributed by atoms with van der Waals surface area (Å²) in [6.07, 6.45) is 1.21. The van der Waals surface area contributed by atoms with Gasteiger partial charge in [-0.05, 0) is 57.2 Å². The van der Waals surface area contributed by atoms with Crippen LogP contribution in [0.15, 0.2) is 12.1 Å². The highest BCUT2D eigenvalue weighted by Crippen LogP contribution is 2.35. The summed E-state index contributed by atoms with van der Waals surface area (Å²) >= 11 is 5.86. The van der Waals surface area contributed by atoms with Gasteiger partial charge in [0.05, 0.1) is 7.11 Å². The van der Waals surface area contributed by atoms with E-state index in [0.29, 0.717) is 18.8 Å². The number of methoxy groups -OCH3 is 1. The van der Waals surface area contributed by atoms with Gasteiger partial charge < -0.3 is 14.4 Å². The molecule has 0 radical (unpaired) electrons. The molecule has 0 N–H and O–H groups in total. The Hall–Kier alpha value is -1.49. The van der Waals surface area contributed by atoms with E-state index in [0.717, 1.165) is 18.4 Å². The van der Waals surface area contributed by atoms with E-state index >= 15 is 0 Å². The van der Waals surface area contributed by atoms with Crippen molar-refractivity contribution < 1.29 is 18.7 Å². The number of amides is 1. The quantitative estimate of drug-likeness (QED) is 0.787. The van der Waals surface area contributed by atoms with Crippen LogP contribution >= 0.6 is 11.6 Å². The molecule has 0 unspecified atom stereocenters. The third-order valence-electron chi connectivity index (χ3n) is 3.86. The molecule has 0 aliphatic carbocycles. The van der Waals surface area contributed by atoms with Gasteiger partial charge in [-0.2, -0.15) is 0 Å². The Morgan fingerprint density at radius 2 is 1.91 bits per heavy atom. The molecule has 1 saturated heterocycles. The van der Waals surface area contributed by atoms with Crippen LogP contribution in [0.5, 0.6) is 5.75 Å². The maximum atomic E-state index is 13.9. The lowest BCUT2D eigenvalue weighted by Crippen LogP contribution is -2.41. The van der Waals surface area contributed by atoms with E-state index < -0.39 is 11.4 Å². The predicted octanol–water partition coefficient (Wildman–Crippen LogP) is 4.60. The molecule has 0 spiro atoms. The van der Waals surface area contributed by atoms with Gasteiger partial charge in [0, 0.05) is 13.1 Å². The molecule has 6 heteroatoms. The summed E-state index contributed by atoms with van der Waals surface area (Å²) in [6, 6.07) is 3.23. The van der Waals surface area contributed by atoms with E-state index in [9.17, 15) is 9.18 Å². The summed E-state index contributed by atoms with van der Waals surface area (Å²) in [5.74, 6) is 0.0428. The van der Waals surface area contributed by atoms with Crippen molar-refractivity contribution in [1.29, 1.82) is 0 Å². The Balaban J connectivity index is 2.02. The molecule has 1 aromatic carbocycles. The Bertz CT molecular complexity index is 578. The SMILES string of the molecule is COc1cc(C2CCN(C(=O)OC(C)(C)C)CC2)cc(F)c1Cl. The molecular weight excluding hydrogens is 321 g/mol. The van der Waals surface area contributed by atoms with Crippen LogP contribution in [0.3, 0.4) is 0 Å². The minimum Gasteiger partial charge on any atom is -0.495 e. The molecule has 0 saturated carbocycles. The number of halogens is 2. The van der Waals surface area contributed by atoms with Gasteiger partial charge in [0.2, 0.25) is 0 Å². The molecule has 1 aliphatic rings. The summed E-state index contributed by atoms with van der Waals surface area (Å²) in [5.41, 5.74) is 0.355. The minimum atomic E-state index is -0.499. The first-order valence-electron chi connectivity index (χ1n) is 7.72. The van der Waals surface area contributed by atoms with E-state index in [1.165, 1.54) is 13.2 Å². The number of nitrogens with zero attached hydrogens (tertiary/aromatic N) is 1. The second kappa shape index (κ2) is 6.95. The van der Waals surface area contributed by atoms with Crippen molar-refractivity contribution in [3.05, 3.63) is 28.5 Å². The molecule has 1 amide bonds. The van der Waals surface area contributed by atoms with Gasteiger partial charge in [0.15, 0.2) is 0 Å². The maximum Gasteiger partial charge on any atom is 0.410 e. The number of carbonyl (C=O) groups is 1. The lowest BCUT2D eigenvalue weighted by molar-refractivity contribution is 0.0204. The van der Waals surface area contributed by atoms with Gasteiger partial charge in [-0.3, -0.25) is 0 Å². The summed E-state index contributed by atoms with van der Waals surface area (Å²) in [7, 11) is 1.47. The van der Waals surface area contributed by atoms with Crippen molar-refractivity contribution in [3.8, 4) is 5.75 Å². The van der Waals surface area contributed by atoms with E-state index in [2.05, 4.69) is 0 Å². The van der Waals surface area contributed by atoms with Crippen LogP contribution in [-0.2, 0) is 4.74 Å². The number of likely N-dealkylation sites (tertiary alicyclic amines) is 1. The molecule has 1 aliphatic heterocycles. The third kappa shape index (κ3) is 4.50. The molecule has 4 nitrogen and oxygen atoms in total. The van der Waals surface area contributed by atoms with Crippen molar-refractivity contribution in [1.82, 2.24) is 4.90 Å². The monoisotopic (exact) mass is 343 g/mol. The summed E-state index contributed by atoms with van der Waals surface area (Å²) in [6.45, 7) is 6.72. The van der Waals surface area contributed by atoms with Gasteiger partial charge in [0.1, 0.15) is 22.2 Å². The zero-order valence-corrected chi connectivity index (χ0v) is 14.7. The summed E-state index contributed by atoms with van der Waals surface area (Å²) < 4.78 is 24.4. The molecular formula is C17H23ClFNO3. The molecule has 1 fully saturated rings. The van der Waals surface area contributed by atoms with Crippen LogP contribution in [0, 0.1) is 5.82 Å². The highest BCUT2D eigenvalue weighted by molar-refractivity contribution is 6.32. The summed E-state index contributed by atoms with van der Waals surface area (Å²) in [4.78, 5) is 13.8. The standard InChI is InChI=1S/C17H23ClFNO3/c1-17(2,3)23-16(21)20-7-5-11(6-8-20)12-9-13(19)15(18)14(10-12)22-4/h9-11H,5-8H2,1-4H3. The third-order valence-corrected chi connectivity index (χ3v) is 4.22. The number of hydrogen-bond acceptors (Lipinski definition) is 3. The first-order chi connectivity index (χ1) is 10.7. The fourth-order valence-corrected chi connectivity index (χ4v) is 2.88. The van der Waals surface area contributed by atoms with Crippen LogP contribution in [0.1, 0.15) is 45.1 Å². The van der Waals surface area contributed by atoms with Crippen molar-refractivity contribution in [2.45, 2.75) is 45.1 Å². The van der Waals surface area contributed by atoms with Crippen LogP contribution in [0.25, 0.3) is 0 Å². The molecule has 128 valence electrons. The number of benzene rings is 1. The van der Waals surface area contributed by atoms with Crippen molar-refractivity contribution in [2.75, 3.05) is 20.2 Å². The second-order valence-electron chi connectivity index (χ2n) is 6.76. The number of ether oxygens (including phenoxy) is 2. The van der Waals surface area contributed by atoms with E-state index in [1.807, 2.05) is 20.8 Å². The van der Waals surface area contributed by atoms with Crippen LogP contribution in [0.2, 0.25) is 5.02 Å². The van der Waals surface area contributed by atoms with Gasteiger partial charge in [-0.25, -0.2) is 9.18 Å². The number of rotatable bonds is 2. The number of hydrogen-bond donors (Lipinski definition) is 0. The largest absolute Gasteiger partial charge is 0.495 e. The Morgan fingerprint density at radius 1 is 1.30 bits per heavy atom. The van der Waals surface area contributed by atoms with Gasteiger partial charge in [0.25, 0.3) is 0 Å². The van der Waals surface area contributed by atoms with Gasteiger partial charge in [-0.15, -0.1) is 0 Å². The first-order valence-corrected chi connectivity index (χ1v) is 8.10. The topological polar surface area (TPSA) is 38.8 Å². The highest BCUT2D eigenvalue weighted by Gasteiger charge is 2.28. The van der Waals surface area contributed by atoms with E-state index in [-0.39, 0.29) is 17.0 Å². The lowest BCUT2D eigenvalue weighted by Gasteiger charge is -2.33. The summed E-state index contributed by atoms with van der Waals surface area (Å²) in [5, 5.41) is 0.00226. The van der Waals surface area contributed by atoms with Crippen LogP contribution in [-0.4, -0.2) is 36.8 Å². The first kappa shape index (κ1) is 17.9. The molecule has 2 rings (SSSR count). The fraction of sp³-hybridized carbons (Fsp3) is 0.588. The van der Waals surface area contributed by atoms with E-state index in [4.69, 9.17) is 21.1 Å². The zero-order valence-electron chi connectivity index (χ0n) is 14.0. The van der Waals surface area contributed by atoms with E-state index in [1.54, 1.807) is 11.0 Å². The molecule has 1 heterocycles. The maximum absolute atomic E-state index is 13.9. The molecule has 1 aromatic rings. The molecule has 0 bridgehead atoms. The smallest absolute Gasteiger partial charge is 0.410 e. The predicted molar refractivity (Wildman–Crippen MR) is 87.7 cm³/mol. The Morgan fingerprint density at radius 3 is 2.43 bits per heavy atom. The average molecular weight is 344 g/mol. The second-order valence-corrected chi connectivity index (χ2v) is 7.14. The minimum absolute atomic E-state index is 0.00226. The van der Waals surface area contributed by atoms with Gasteiger partial charge >= 0.3 is 6.09 Å².